The number of amides is 1. The Morgan fingerprint density at radius 1 is 1.44 bits per heavy atom. The van der Waals surface area contributed by atoms with Crippen LogP contribution in [-0.2, 0) is 0 Å². The number of para-hydroxylation sites is 1. The van der Waals surface area contributed by atoms with Crippen LogP contribution in [0.1, 0.15) is 28.6 Å². The highest BCUT2D eigenvalue weighted by molar-refractivity contribution is 5.99. The second-order valence-electron chi connectivity index (χ2n) is 4.62. The van der Waals surface area contributed by atoms with Gasteiger partial charge in [-0.05, 0) is 26.3 Å². The Labute approximate surface area is 106 Å². The third-order valence-corrected chi connectivity index (χ3v) is 3.10. The number of nitrogens with two attached hydrogens (primary N) is 1. The quantitative estimate of drug-likeness (QED) is 0.871. The molecule has 3 N–H and O–H groups in total. The van der Waals surface area contributed by atoms with Crippen LogP contribution in [-0.4, -0.2) is 18.5 Å². The first-order valence-corrected chi connectivity index (χ1v) is 6.04. The molecule has 4 heteroatoms. The molecule has 1 heterocycles. The molecule has 1 aromatic carbocycles. The van der Waals surface area contributed by atoms with Crippen LogP contribution in [0, 0.1) is 13.8 Å². The van der Waals surface area contributed by atoms with Crippen LogP contribution in [0.5, 0.6) is 0 Å². The van der Waals surface area contributed by atoms with Crippen molar-refractivity contribution in [2.24, 2.45) is 5.73 Å². The first kappa shape index (κ1) is 12.6. The number of nitrogens with one attached hydrogen (secondary N) is 1. The van der Waals surface area contributed by atoms with Gasteiger partial charge in [0.15, 0.2) is 5.76 Å². The minimum absolute atomic E-state index is 0.0637. The second-order valence-corrected chi connectivity index (χ2v) is 4.62. The van der Waals surface area contributed by atoms with Crippen molar-refractivity contribution in [1.29, 1.82) is 0 Å². The predicted molar refractivity (Wildman–Crippen MR) is 71.7 cm³/mol. The normalized spacial score (nSPS) is 12.7. The Balaban J connectivity index is 2.43. The summed E-state index contributed by atoms with van der Waals surface area (Å²) >= 11 is 0. The molecule has 2 rings (SSSR count). The van der Waals surface area contributed by atoms with Crippen LogP contribution in [0.3, 0.4) is 0 Å². The number of benzene rings is 1. The van der Waals surface area contributed by atoms with E-state index in [0.29, 0.717) is 12.3 Å². The average molecular weight is 246 g/mol. The molecule has 0 aliphatic heterocycles. The fraction of sp³-hybridized carbons (Fsp3) is 0.357. The van der Waals surface area contributed by atoms with Gasteiger partial charge in [0, 0.05) is 23.5 Å². The third kappa shape index (κ3) is 2.11. The molecule has 0 unspecified atom stereocenters. The van der Waals surface area contributed by atoms with Crippen LogP contribution in [0.2, 0.25) is 0 Å². The molecular formula is C14H18N2O2. The fourth-order valence-electron chi connectivity index (χ4n) is 1.95. The molecule has 0 fully saturated rings. The van der Waals surface area contributed by atoms with Gasteiger partial charge >= 0.3 is 0 Å². The van der Waals surface area contributed by atoms with E-state index in [1.165, 1.54) is 0 Å². The lowest BCUT2D eigenvalue weighted by atomic mass is 10.1. The maximum absolute atomic E-state index is 12.1. The van der Waals surface area contributed by atoms with Crippen LogP contribution in [0.15, 0.2) is 22.6 Å². The zero-order valence-corrected chi connectivity index (χ0v) is 10.9. The van der Waals surface area contributed by atoms with Gasteiger partial charge in [0.1, 0.15) is 5.58 Å². The maximum Gasteiger partial charge on any atom is 0.287 e. The van der Waals surface area contributed by atoms with E-state index in [1.807, 2.05) is 39.0 Å². The smallest absolute Gasteiger partial charge is 0.287 e. The van der Waals surface area contributed by atoms with Crippen molar-refractivity contribution in [2.75, 3.05) is 6.54 Å². The largest absolute Gasteiger partial charge is 0.450 e. The molecule has 1 aromatic heterocycles. The molecule has 0 radical (unpaired) electrons. The molecule has 0 aliphatic rings. The molecule has 0 saturated heterocycles. The Morgan fingerprint density at radius 3 is 2.78 bits per heavy atom. The maximum atomic E-state index is 12.1. The number of carbonyl (C=O) groups is 1. The lowest BCUT2D eigenvalue weighted by Gasteiger charge is -2.09. The summed E-state index contributed by atoms with van der Waals surface area (Å²) < 4.78 is 5.68. The van der Waals surface area contributed by atoms with Crippen molar-refractivity contribution >= 4 is 16.9 Å². The summed E-state index contributed by atoms with van der Waals surface area (Å²) in [6.45, 7) is 6.13. The fourth-order valence-corrected chi connectivity index (χ4v) is 1.95. The van der Waals surface area contributed by atoms with Gasteiger partial charge in [-0.2, -0.15) is 0 Å². The summed E-state index contributed by atoms with van der Waals surface area (Å²) in [4.78, 5) is 12.1. The highest BCUT2D eigenvalue weighted by Crippen LogP contribution is 2.27. The standard InChI is InChI=1S/C14H18N2O2/c1-8-5-4-6-11-10(3)13(18-12(8)11)14(17)16-9(2)7-15/h4-6,9H,7,15H2,1-3H3,(H,16,17)/t9-/m0/s1. The molecule has 0 saturated carbocycles. The topological polar surface area (TPSA) is 68.3 Å². The summed E-state index contributed by atoms with van der Waals surface area (Å²) in [7, 11) is 0. The van der Waals surface area contributed by atoms with Crippen molar-refractivity contribution < 1.29 is 9.21 Å². The molecule has 4 nitrogen and oxygen atoms in total. The summed E-state index contributed by atoms with van der Waals surface area (Å²) in [6.07, 6.45) is 0. The first-order valence-electron chi connectivity index (χ1n) is 6.04. The summed E-state index contributed by atoms with van der Waals surface area (Å²) in [5.74, 6) is 0.167. The molecule has 0 bridgehead atoms. The van der Waals surface area contributed by atoms with Gasteiger partial charge in [-0.3, -0.25) is 4.79 Å². The van der Waals surface area contributed by atoms with Gasteiger partial charge in [0.25, 0.3) is 5.91 Å². The molecule has 1 atom stereocenters. The minimum Gasteiger partial charge on any atom is -0.450 e. The molecule has 0 aliphatic carbocycles. The van der Waals surface area contributed by atoms with Gasteiger partial charge in [0.2, 0.25) is 0 Å². The second kappa shape index (κ2) is 4.82. The summed E-state index contributed by atoms with van der Waals surface area (Å²) in [6, 6.07) is 5.83. The van der Waals surface area contributed by atoms with Crippen molar-refractivity contribution in [1.82, 2.24) is 5.32 Å². The van der Waals surface area contributed by atoms with E-state index in [2.05, 4.69) is 5.32 Å². The molecule has 18 heavy (non-hydrogen) atoms. The number of fused-ring (bicyclic) bond motifs is 1. The minimum atomic E-state index is -0.207. The molecular weight excluding hydrogens is 228 g/mol. The molecule has 96 valence electrons. The Bertz CT molecular complexity index is 587. The predicted octanol–water partition coefficient (Wildman–Crippen LogP) is 2.13. The van der Waals surface area contributed by atoms with Crippen molar-refractivity contribution in [2.45, 2.75) is 26.8 Å². The van der Waals surface area contributed by atoms with Crippen molar-refractivity contribution in [3.05, 3.63) is 35.1 Å². The van der Waals surface area contributed by atoms with Crippen LogP contribution in [0.4, 0.5) is 0 Å². The lowest BCUT2D eigenvalue weighted by Crippen LogP contribution is -2.37. The SMILES string of the molecule is Cc1c(C(=O)N[C@@H](C)CN)oc2c(C)cccc12. The number of aryl methyl sites for hydroxylation is 2. The number of furan rings is 1. The Morgan fingerprint density at radius 2 is 2.17 bits per heavy atom. The summed E-state index contributed by atoms with van der Waals surface area (Å²) in [5.41, 5.74) is 8.17. The first-order chi connectivity index (χ1) is 8.54. The third-order valence-electron chi connectivity index (χ3n) is 3.10. The van der Waals surface area contributed by atoms with Gasteiger partial charge in [-0.1, -0.05) is 18.2 Å². The van der Waals surface area contributed by atoms with E-state index in [0.717, 1.165) is 22.1 Å². The zero-order valence-electron chi connectivity index (χ0n) is 10.9. The van der Waals surface area contributed by atoms with Crippen LogP contribution < -0.4 is 11.1 Å². The number of hydrogen-bond acceptors (Lipinski definition) is 3. The van der Waals surface area contributed by atoms with Gasteiger partial charge in [0.05, 0.1) is 0 Å². The Kier molecular flexibility index (Phi) is 3.39. The zero-order chi connectivity index (χ0) is 13.3. The number of carbonyl (C=O) groups excluding carboxylic acids is 1. The van der Waals surface area contributed by atoms with Crippen LogP contribution >= 0.6 is 0 Å². The van der Waals surface area contributed by atoms with E-state index in [4.69, 9.17) is 10.2 Å². The average Bonchev–Trinajstić information content (AvgIpc) is 2.69. The number of rotatable bonds is 3. The van der Waals surface area contributed by atoms with E-state index < -0.39 is 0 Å². The summed E-state index contributed by atoms with van der Waals surface area (Å²) in [5, 5.41) is 3.80. The highest BCUT2D eigenvalue weighted by atomic mass is 16.3. The van der Waals surface area contributed by atoms with Gasteiger partial charge < -0.3 is 15.5 Å². The molecule has 1 amide bonds. The van der Waals surface area contributed by atoms with E-state index in [-0.39, 0.29) is 11.9 Å². The van der Waals surface area contributed by atoms with Crippen molar-refractivity contribution in [3.8, 4) is 0 Å². The van der Waals surface area contributed by atoms with E-state index in [9.17, 15) is 4.79 Å². The van der Waals surface area contributed by atoms with Gasteiger partial charge in [-0.25, -0.2) is 0 Å². The Hall–Kier alpha value is -1.81. The molecule has 0 spiro atoms. The van der Waals surface area contributed by atoms with E-state index in [1.54, 1.807) is 0 Å². The lowest BCUT2D eigenvalue weighted by molar-refractivity contribution is 0.0914. The highest BCUT2D eigenvalue weighted by Gasteiger charge is 2.19. The van der Waals surface area contributed by atoms with Gasteiger partial charge in [-0.15, -0.1) is 0 Å². The van der Waals surface area contributed by atoms with Crippen molar-refractivity contribution in [3.63, 3.8) is 0 Å². The molecule has 2 aromatic rings. The van der Waals surface area contributed by atoms with E-state index >= 15 is 0 Å². The van der Waals surface area contributed by atoms with Crippen LogP contribution in [0.25, 0.3) is 11.0 Å². The number of hydrogen-bond donors (Lipinski definition) is 2. The monoisotopic (exact) mass is 246 g/mol.